The lowest BCUT2D eigenvalue weighted by atomic mass is 10.1. The van der Waals surface area contributed by atoms with Crippen LogP contribution in [0.5, 0.6) is 0 Å². The van der Waals surface area contributed by atoms with Gasteiger partial charge in [0.1, 0.15) is 5.56 Å². The Labute approximate surface area is 154 Å². The van der Waals surface area contributed by atoms with Crippen LogP contribution in [0.15, 0.2) is 41.2 Å². The van der Waals surface area contributed by atoms with E-state index in [2.05, 4.69) is 10.3 Å². The first kappa shape index (κ1) is 18.5. The zero-order valence-corrected chi connectivity index (χ0v) is 14.7. The highest BCUT2D eigenvalue weighted by molar-refractivity contribution is 6.15. The van der Waals surface area contributed by atoms with Crippen LogP contribution in [-0.4, -0.2) is 40.5 Å². The zero-order valence-electron chi connectivity index (χ0n) is 14.7. The number of hydrogen-bond acceptors (Lipinski definition) is 5. The number of pyridine rings is 1. The van der Waals surface area contributed by atoms with Gasteiger partial charge in [0.2, 0.25) is 5.91 Å². The van der Waals surface area contributed by atoms with Crippen LogP contribution >= 0.6 is 0 Å². The number of nitrogens with zero attached hydrogens (tertiary/aromatic N) is 1. The van der Waals surface area contributed by atoms with Crippen molar-refractivity contribution in [1.82, 2.24) is 10.3 Å². The van der Waals surface area contributed by atoms with Crippen molar-refractivity contribution >= 4 is 23.5 Å². The molecule has 0 unspecified atom stereocenters. The quantitative estimate of drug-likeness (QED) is 0.749. The van der Waals surface area contributed by atoms with Crippen LogP contribution < -0.4 is 15.8 Å². The molecule has 8 nitrogen and oxygen atoms in total. The molecule has 2 heterocycles. The first-order valence-electron chi connectivity index (χ1n) is 8.53. The number of aromatic nitrogens is 1. The summed E-state index contributed by atoms with van der Waals surface area (Å²) in [5.41, 5.74) is 0.469. The Morgan fingerprint density at radius 3 is 2.33 bits per heavy atom. The molecule has 2 amide bonds. The lowest BCUT2D eigenvalue weighted by molar-refractivity contribution is -0.126. The fraction of sp³-hybridized carbons (Fsp3) is 0.263. The number of carboxylic acids is 1. The van der Waals surface area contributed by atoms with Crippen molar-refractivity contribution in [3.05, 3.63) is 52.3 Å². The molecule has 0 radical (unpaired) electrons. The predicted molar refractivity (Wildman–Crippen MR) is 98.6 cm³/mol. The predicted octanol–water partition coefficient (Wildman–Crippen LogP) is 1.37. The summed E-state index contributed by atoms with van der Waals surface area (Å²) in [6.07, 6.45) is 1.58. The van der Waals surface area contributed by atoms with Crippen molar-refractivity contribution in [3.63, 3.8) is 0 Å². The summed E-state index contributed by atoms with van der Waals surface area (Å²) in [7, 11) is 0. The molecular weight excluding hydrogens is 350 g/mol. The SMILES string of the molecule is CC(=O)N(C(=O)[C@H]1CCCN1)c1ccc(-c2ccc(C(=O)O)c(=O)[nH]2)cc1. The van der Waals surface area contributed by atoms with Crippen LogP contribution in [0.1, 0.15) is 30.1 Å². The topological polar surface area (TPSA) is 120 Å². The first-order chi connectivity index (χ1) is 12.9. The lowest BCUT2D eigenvalue weighted by Gasteiger charge is -2.23. The average molecular weight is 369 g/mol. The molecule has 1 aromatic carbocycles. The molecule has 1 aliphatic rings. The second-order valence-electron chi connectivity index (χ2n) is 6.31. The standard InChI is InChI=1S/C19H19N3O5/c1-11(23)22(18(25)16-3-2-10-20-16)13-6-4-12(5-7-13)15-9-8-14(19(26)27)17(24)21-15/h4-9,16,20H,2-3,10H2,1H3,(H,21,24)(H,26,27)/t16-/m1/s1. The minimum atomic E-state index is -1.30. The van der Waals surface area contributed by atoms with E-state index in [0.717, 1.165) is 17.9 Å². The van der Waals surface area contributed by atoms with Gasteiger partial charge in [0.25, 0.3) is 11.5 Å². The monoisotopic (exact) mass is 369 g/mol. The van der Waals surface area contributed by atoms with Crippen molar-refractivity contribution in [2.24, 2.45) is 0 Å². The van der Waals surface area contributed by atoms with Gasteiger partial charge in [-0.15, -0.1) is 0 Å². The normalized spacial score (nSPS) is 16.1. The maximum Gasteiger partial charge on any atom is 0.341 e. The molecule has 140 valence electrons. The van der Waals surface area contributed by atoms with Gasteiger partial charge in [0, 0.05) is 12.6 Å². The summed E-state index contributed by atoms with van der Waals surface area (Å²) >= 11 is 0. The van der Waals surface area contributed by atoms with Gasteiger partial charge in [0.05, 0.1) is 11.7 Å². The number of nitrogens with one attached hydrogen (secondary N) is 2. The summed E-state index contributed by atoms with van der Waals surface area (Å²) < 4.78 is 0. The van der Waals surface area contributed by atoms with Gasteiger partial charge in [-0.3, -0.25) is 14.4 Å². The zero-order chi connectivity index (χ0) is 19.6. The number of carbonyl (C=O) groups is 3. The molecule has 0 bridgehead atoms. The van der Waals surface area contributed by atoms with Crippen LogP contribution in [0.4, 0.5) is 5.69 Å². The van der Waals surface area contributed by atoms with E-state index < -0.39 is 11.5 Å². The largest absolute Gasteiger partial charge is 0.477 e. The number of anilines is 1. The maximum absolute atomic E-state index is 12.6. The third-order valence-electron chi connectivity index (χ3n) is 4.47. The van der Waals surface area contributed by atoms with Gasteiger partial charge in [-0.05, 0) is 49.2 Å². The van der Waals surface area contributed by atoms with Crippen molar-refractivity contribution < 1.29 is 19.5 Å². The van der Waals surface area contributed by atoms with Crippen molar-refractivity contribution in [3.8, 4) is 11.3 Å². The summed E-state index contributed by atoms with van der Waals surface area (Å²) in [6, 6.07) is 8.92. The molecule has 3 N–H and O–H groups in total. The number of rotatable bonds is 4. The molecule has 8 heteroatoms. The molecule has 3 rings (SSSR count). The van der Waals surface area contributed by atoms with Crippen molar-refractivity contribution in [1.29, 1.82) is 0 Å². The van der Waals surface area contributed by atoms with Crippen molar-refractivity contribution in [2.75, 3.05) is 11.4 Å². The summed E-state index contributed by atoms with van der Waals surface area (Å²) in [5, 5.41) is 12.0. The Kier molecular flexibility index (Phi) is 5.18. The number of carbonyl (C=O) groups excluding carboxylic acids is 2. The van der Waals surface area contributed by atoms with Gasteiger partial charge in [-0.25, -0.2) is 9.69 Å². The van der Waals surface area contributed by atoms with E-state index in [9.17, 15) is 19.2 Å². The lowest BCUT2D eigenvalue weighted by Crippen LogP contribution is -2.46. The Morgan fingerprint density at radius 2 is 1.81 bits per heavy atom. The van der Waals surface area contributed by atoms with E-state index in [1.54, 1.807) is 24.3 Å². The fourth-order valence-electron chi connectivity index (χ4n) is 3.12. The van der Waals surface area contributed by atoms with E-state index in [0.29, 0.717) is 23.4 Å². The van der Waals surface area contributed by atoms with E-state index >= 15 is 0 Å². The average Bonchev–Trinajstić information content (AvgIpc) is 3.16. The number of aromatic amines is 1. The fourth-order valence-corrected chi connectivity index (χ4v) is 3.12. The molecule has 1 atom stereocenters. The second-order valence-corrected chi connectivity index (χ2v) is 6.31. The molecule has 1 aliphatic heterocycles. The Hall–Kier alpha value is -3.26. The number of H-pyrrole nitrogens is 1. The summed E-state index contributed by atoms with van der Waals surface area (Å²) in [6.45, 7) is 2.09. The van der Waals surface area contributed by atoms with Crippen LogP contribution in [-0.2, 0) is 9.59 Å². The van der Waals surface area contributed by atoms with Gasteiger partial charge in [-0.1, -0.05) is 12.1 Å². The highest BCUT2D eigenvalue weighted by atomic mass is 16.4. The molecule has 0 aliphatic carbocycles. The van der Waals surface area contributed by atoms with Crippen LogP contribution in [0, 0.1) is 0 Å². The molecule has 0 spiro atoms. The van der Waals surface area contributed by atoms with Crippen LogP contribution in [0.3, 0.4) is 0 Å². The number of aromatic carboxylic acids is 1. The van der Waals surface area contributed by atoms with E-state index in [1.165, 1.54) is 19.1 Å². The number of hydrogen-bond donors (Lipinski definition) is 3. The van der Waals surface area contributed by atoms with Gasteiger partial charge in [0.15, 0.2) is 0 Å². The minimum absolute atomic E-state index is 0.285. The number of imide groups is 1. The number of amides is 2. The van der Waals surface area contributed by atoms with E-state index in [-0.39, 0.29) is 23.4 Å². The Morgan fingerprint density at radius 1 is 1.11 bits per heavy atom. The molecule has 1 saturated heterocycles. The number of benzene rings is 1. The molecule has 1 fully saturated rings. The van der Waals surface area contributed by atoms with Crippen LogP contribution in [0.25, 0.3) is 11.3 Å². The van der Waals surface area contributed by atoms with Gasteiger partial charge < -0.3 is 15.4 Å². The Bertz CT molecular complexity index is 943. The third kappa shape index (κ3) is 3.80. The molecule has 1 aromatic heterocycles. The summed E-state index contributed by atoms with van der Waals surface area (Å²) in [5.74, 6) is -1.96. The highest BCUT2D eigenvalue weighted by Crippen LogP contribution is 2.23. The van der Waals surface area contributed by atoms with Gasteiger partial charge in [-0.2, -0.15) is 0 Å². The Balaban J connectivity index is 1.88. The number of carboxylic acid groups (broad SMARTS) is 1. The summed E-state index contributed by atoms with van der Waals surface area (Å²) in [4.78, 5) is 51.1. The maximum atomic E-state index is 12.6. The highest BCUT2D eigenvalue weighted by Gasteiger charge is 2.30. The van der Waals surface area contributed by atoms with E-state index in [1.807, 2.05) is 0 Å². The van der Waals surface area contributed by atoms with E-state index in [4.69, 9.17) is 5.11 Å². The van der Waals surface area contributed by atoms with Crippen LogP contribution in [0.2, 0.25) is 0 Å². The molecule has 2 aromatic rings. The van der Waals surface area contributed by atoms with Gasteiger partial charge >= 0.3 is 5.97 Å². The third-order valence-corrected chi connectivity index (χ3v) is 4.47. The second kappa shape index (κ2) is 7.55. The smallest absolute Gasteiger partial charge is 0.341 e. The minimum Gasteiger partial charge on any atom is -0.477 e. The molecule has 0 saturated carbocycles. The molecular formula is C19H19N3O5. The first-order valence-corrected chi connectivity index (χ1v) is 8.53. The molecule has 27 heavy (non-hydrogen) atoms. The van der Waals surface area contributed by atoms with Crippen molar-refractivity contribution in [2.45, 2.75) is 25.8 Å².